The molecule has 5 heterocycles. The van der Waals surface area contributed by atoms with Crippen LogP contribution in [0.2, 0.25) is 10.2 Å². The van der Waals surface area contributed by atoms with Gasteiger partial charge in [-0.1, -0.05) is 23.2 Å². The largest absolute Gasteiger partial charge is 0.365 e. The monoisotopic (exact) mass is 538 g/mol. The minimum absolute atomic E-state index is 0.172. The third-order valence-electron chi connectivity index (χ3n) is 6.09. The van der Waals surface area contributed by atoms with E-state index in [9.17, 15) is 9.59 Å². The van der Waals surface area contributed by atoms with Crippen molar-refractivity contribution in [1.82, 2.24) is 34.7 Å². The van der Waals surface area contributed by atoms with Crippen molar-refractivity contribution in [2.24, 2.45) is 5.73 Å². The second kappa shape index (κ2) is 8.70. The summed E-state index contributed by atoms with van der Waals surface area (Å²) in [7, 11) is 0. The number of imidazole rings is 1. The maximum absolute atomic E-state index is 13.4. The van der Waals surface area contributed by atoms with E-state index in [-0.39, 0.29) is 16.8 Å². The van der Waals surface area contributed by atoms with Crippen molar-refractivity contribution in [3.05, 3.63) is 85.7 Å². The number of carbonyl (C=O) groups is 1. The number of nitrogens with two attached hydrogens (primary N) is 1. The molecule has 1 aromatic carbocycles. The van der Waals surface area contributed by atoms with Crippen LogP contribution in [0.3, 0.4) is 0 Å². The second-order valence-electron chi connectivity index (χ2n) is 8.23. The first-order chi connectivity index (χ1) is 17.4. The molecular weight excluding hydrogens is 523 g/mol. The lowest BCUT2D eigenvalue weighted by Crippen LogP contribution is -2.23. The molecule has 5 aromatic rings. The lowest BCUT2D eigenvalue weighted by atomic mass is 10.0. The number of benzene rings is 1. The van der Waals surface area contributed by atoms with E-state index in [0.717, 1.165) is 21.7 Å². The van der Waals surface area contributed by atoms with Gasteiger partial charge < -0.3 is 15.3 Å². The number of hydrogen-bond donors (Lipinski definition) is 2. The van der Waals surface area contributed by atoms with E-state index in [1.165, 1.54) is 22.3 Å². The summed E-state index contributed by atoms with van der Waals surface area (Å²) in [6.45, 7) is 0. The van der Waals surface area contributed by atoms with Gasteiger partial charge in [0.05, 0.1) is 27.2 Å². The van der Waals surface area contributed by atoms with Gasteiger partial charge in [0.2, 0.25) is 0 Å². The Hall–Kier alpha value is -3.80. The SMILES string of the molecule is NC(=O)c1ccc(-c2[nH]c([C@@H]3CCc4cc(-c5cc(Cl)ccc5-n5cnnn5)cc(=O)n43)nc2Cl)s1. The van der Waals surface area contributed by atoms with Crippen molar-refractivity contribution < 1.29 is 4.79 Å². The molecule has 13 heteroatoms. The zero-order chi connectivity index (χ0) is 25.0. The number of tetrazole rings is 1. The third-order valence-corrected chi connectivity index (χ3v) is 7.71. The fraction of sp³-hybridized carbons (Fsp3) is 0.130. The number of primary amides is 1. The molecule has 0 radical (unpaired) electrons. The fourth-order valence-corrected chi connectivity index (χ4v) is 5.84. The molecule has 36 heavy (non-hydrogen) atoms. The van der Waals surface area contributed by atoms with Gasteiger partial charge in [-0.25, -0.2) is 4.98 Å². The molecule has 0 saturated carbocycles. The van der Waals surface area contributed by atoms with E-state index in [1.54, 1.807) is 34.9 Å². The van der Waals surface area contributed by atoms with Crippen LogP contribution in [0.15, 0.2) is 53.6 Å². The van der Waals surface area contributed by atoms with Gasteiger partial charge in [0.1, 0.15) is 12.2 Å². The minimum atomic E-state index is -0.503. The summed E-state index contributed by atoms with van der Waals surface area (Å²) < 4.78 is 3.26. The Morgan fingerprint density at radius 1 is 1.17 bits per heavy atom. The number of pyridine rings is 1. The normalized spacial score (nSPS) is 14.8. The molecule has 0 spiro atoms. The zero-order valence-electron chi connectivity index (χ0n) is 18.4. The lowest BCUT2D eigenvalue weighted by molar-refractivity contribution is 0.100. The fourth-order valence-electron chi connectivity index (χ4n) is 4.52. The average Bonchev–Trinajstić information content (AvgIpc) is 3.64. The van der Waals surface area contributed by atoms with Crippen LogP contribution in [-0.2, 0) is 6.42 Å². The standard InChI is InChI=1S/C23H16Cl2N8O2S/c24-12-1-3-15(32-10-27-30-31-32)14(9-12)11-7-13-2-4-16(33(13)19(34)8-11)23-28-20(21(25)29-23)17-5-6-18(36-17)22(26)35/h1,3,5-10,16H,2,4H2,(H2,26,35)(H,28,29)/t16-/m0/s1. The first kappa shape index (κ1) is 22.7. The number of rotatable bonds is 5. The van der Waals surface area contributed by atoms with Crippen LogP contribution in [0.4, 0.5) is 0 Å². The molecule has 1 atom stereocenters. The van der Waals surface area contributed by atoms with Crippen LogP contribution >= 0.6 is 34.5 Å². The van der Waals surface area contributed by atoms with Crippen LogP contribution in [-0.4, -0.2) is 40.6 Å². The highest BCUT2D eigenvalue weighted by atomic mass is 35.5. The van der Waals surface area contributed by atoms with E-state index in [4.69, 9.17) is 28.9 Å². The molecule has 0 bridgehead atoms. The third kappa shape index (κ3) is 3.81. The van der Waals surface area contributed by atoms with Crippen molar-refractivity contribution >= 4 is 40.4 Å². The molecular formula is C23H16Cl2N8O2S. The van der Waals surface area contributed by atoms with Crippen LogP contribution in [0.1, 0.15) is 33.7 Å². The predicted octanol–water partition coefficient (Wildman–Crippen LogP) is 3.88. The van der Waals surface area contributed by atoms with Crippen molar-refractivity contribution in [3.63, 3.8) is 0 Å². The van der Waals surface area contributed by atoms with Gasteiger partial charge in [0, 0.05) is 22.3 Å². The highest BCUT2D eigenvalue weighted by Gasteiger charge is 2.29. The lowest BCUT2D eigenvalue weighted by Gasteiger charge is -2.15. The Bertz CT molecular complexity index is 1690. The molecule has 0 unspecified atom stereocenters. The number of hydrogen-bond acceptors (Lipinski definition) is 7. The van der Waals surface area contributed by atoms with Gasteiger partial charge in [-0.3, -0.25) is 9.59 Å². The Balaban J connectivity index is 1.39. The van der Waals surface area contributed by atoms with E-state index in [1.807, 2.05) is 12.1 Å². The summed E-state index contributed by atoms with van der Waals surface area (Å²) >= 11 is 13.9. The van der Waals surface area contributed by atoms with Crippen molar-refractivity contribution in [2.75, 3.05) is 0 Å². The molecule has 1 aliphatic rings. The van der Waals surface area contributed by atoms with Crippen molar-refractivity contribution in [2.45, 2.75) is 18.9 Å². The number of aromatic nitrogens is 7. The molecule has 3 N–H and O–H groups in total. The molecule has 1 amide bonds. The van der Waals surface area contributed by atoms with Gasteiger partial charge in [0.15, 0.2) is 5.15 Å². The Morgan fingerprint density at radius 2 is 2.03 bits per heavy atom. The molecule has 4 aromatic heterocycles. The quantitative estimate of drug-likeness (QED) is 0.348. The number of carbonyl (C=O) groups excluding carboxylic acids is 1. The highest BCUT2D eigenvalue weighted by Crippen LogP contribution is 2.37. The number of fused-ring (bicyclic) bond motifs is 1. The van der Waals surface area contributed by atoms with E-state index in [2.05, 4.69) is 25.5 Å². The molecule has 1 aliphatic heterocycles. The minimum Gasteiger partial charge on any atom is -0.365 e. The Labute approximate surface area is 217 Å². The maximum atomic E-state index is 13.4. The number of aryl methyl sites for hydroxylation is 1. The van der Waals surface area contributed by atoms with E-state index < -0.39 is 5.91 Å². The number of aromatic amines is 1. The van der Waals surface area contributed by atoms with Gasteiger partial charge in [-0.05, 0) is 65.2 Å². The van der Waals surface area contributed by atoms with E-state index >= 15 is 0 Å². The number of halogens is 2. The van der Waals surface area contributed by atoms with Gasteiger partial charge in [0.25, 0.3) is 11.5 Å². The van der Waals surface area contributed by atoms with E-state index in [0.29, 0.717) is 39.9 Å². The number of amides is 1. The first-order valence-electron chi connectivity index (χ1n) is 10.8. The summed E-state index contributed by atoms with van der Waals surface area (Å²) in [5, 5.41) is 12.2. The van der Waals surface area contributed by atoms with Crippen molar-refractivity contribution in [3.8, 4) is 27.4 Å². The number of H-pyrrole nitrogens is 1. The van der Waals surface area contributed by atoms with Gasteiger partial charge in [-0.15, -0.1) is 16.4 Å². The highest BCUT2D eigenvalue weighted by molar-refractivity contribution is 7.17. The molecule has 180 valence electrons. The first-order valence-corrected chi connectivity index (χ1v) is 12.4. The summed E-state index contributed by atoms with van der Waals surface area (Å²) in [5.74, 6) is 0.0758. The molecule has 6 rings (SSSR count). The summed E-state index contributed by atoms with van der Waals surface area (Å²) in [5.41, 5.74) is 8.82. The van der Waals surface area contributed by atoms with Crippen LogP contribution < -0.4 is 11.3 Å². The van der Waals surface area contributed by atoms with Crippen LogP contribution in [0.5, 0.6) is 0 Å². The van der Waals surface area contributed by atoms with Gasteiger partial charge in [-0.2, -0.15) is 4.68 Å². The van der Waals surface area contributed by atoms with Gasteiger partial charge >= 0.3 is 0 Å². The molecule has 0 fully saturated rings. The topological polar surface area (TPSA) is 137 Å². The Kier molecular flexibility index (Phi) is 5.47. The van der Waals surface area contributed by atoms with Crippen molar-refractivity contribution in [1.29, 1.82) is 0 Å². The predicted molar refractivity (Wildman–Crippen MR) is 136 cm³/mol. The van der Waals surface area contributed by atoms with Crippen LogP contribution in [0.25, 0.3) is 27.4 Å². The molecule has 0 aliphatic carbocycles. The van der Waals surface area contributed by atoms with Crippen LogP contribution in [0, 0.1) is 0 Å². The average molecular weight is 539 g/mol. The Morgan fingerprint density at radius 3 is 2.78 bits per heavy atom. The smallest absolute Gasteiger partial charge is 0.258 e. The number of nitrogens with zero attached hydrogens (tertiary/aromatic N) is 6. The molecule has 10 nitrogen and oxygen atoms in total. The summed E-state index contributed by atoms with van der Waals surface area (Å²) in [6.07, 6.45) is 2.84. The number of nitrogens with one attached hydrogen (secondary N) is 1. The number of thiophene rings is 1. The molecule has 0 saturated heterocycles. The second-order valence-corrected chi connectivity index (χ2v) is 10.1. The summed E-state index contributed by atoms with van der Waals surface area (Å²) in [6, 6.07) is 12.0. The zero-order valence-corrected chi connectivity index (χ0v) is 20.7. The summed E-state index contributed by atoms with van der Waals surface area (Å²) in [4.78, 5) is 33.8. The maximum Gasteiger partial charge on any atom is 0.258 e.